The summed E-state index contributed by atoms with van der Waals surface area (Å²) in [5.74, 6) is 0. The van der Waals surface area contributed by atoms with Gasteiger partial charge in [0, 0.05) is 0 Å². The quantitative estimate of drug-likeness (QED) is 0.545. The first-order chi connectivity index (χ1) is 6.34. The van der Waals surface area contributed by atoms with E-state index in [9.17, 15) is 0 Å². The van der Waals surface area contributed by atoms with Gasteiger partial charge in [0.05, 0.1) is 0 Å². The zero-order valence-corrected chi connectivity index (χ0v) is 8.84. The van der Waals surface area contributed by atoms with Gasteiger partial charge >= 0.3 is 0 Å². The van der Waals surface area contributed by atoms with Crippen LogP contribution in [0.15, 0.2) is 35.5 Å². The summed E-state index contributed by atoms with van der Waals surface area (Å²) in [7, 11) is 0. The van der Waals surface area contributed by atoms with Gasteiger partial charge in [-0.1, -0.05) is 56.1 Å². The highest BCUT2D eigenvalue weighted by Crippen LogP contribution is 2.18. The predicted octanol–water partition coefficient (Wildman–Crippen LogP) is 4.40. The van der Waals surface area contributed by atoms with E-state index in [1.165, 1.54) is 37.7 Å². The third-order valence-electron chi connectivity index (χ3n) is 2.56. The second kappa shape index (κ2) is 5.80. The molecule has 0 amide bonds. The van der Waals surface area contributed by atoms with Gasteiger partial charge in [-0.25, -0.2) is 0 Å². The minimum absolute atomic E-state index is 1.27. The molecule has 0 radical (unpaired) electrons. The largest absolute Gasteiger partial charge is 0.0661 e. The number of allylic oxidation sites excluding steroid dienone is 6. The van der Waals surface area contributed by atoms with Gasteiger partial charge < -0.3 is 0 Å². The van der Waals surface area contributed by atoms with Crippen molar-refractivity contribution in [3.05, 3.63) is 35.5 Å². The number of hydrogen-bond donors (Lipinski definition) is 0. The first-order valence-electron chi connectivity index (χ1n) is 5.39. The maximum Gasteiger partial charge on any atom is -0.0267 e. The molecule has 0 aliphatic heterocycles. The Bertz CT molecular complexity index is 214. The van der Waals surface area contributed by atoms with E-state index in [1.54, 1.807) is 5.57 Å². The van der Waals surface area contributed by atoms with Crippen molar-refractivity contribution < 1.29 is 0 Å². The third-order valence-corrected chi connectivity index (χ3v) is 2.56. The average Bonchev–Trinajstić information content (AvgIpc) is 2.65. The van der Waals surface area contributed by atoms with Crippen LogP contribution in [-0.2, 0) is 0 Å². The maximum atomic E-state index is 2.26. The monoisotopic (exact) mass is 176 g/mol. The number of hydrogen-bond acceptors (Lipinski definition) is 0. The van der Waals surface area contributed by atoms with Gasteiger partial charge in [0.15, 0.2) is 0 Å². The van der Waals surface area contributed by atoms with Crippen LogP contribution in [0.5, 0.6) is 0 Å². The molecule has 1 rings (SSSR count). The van der Waals surface area contributed by atoms with Crippen LogP contribution in [0.4, 0.5) is 0 Å². The minimum atomic E-state index is 1.27. The molecule has 0 aromatic carbocycles. The van der Waals surface area contributed by atoms with E-state index in [0.717, 1.165) is 0 Å². The normalized spacial score (nSPS) is 14.2. The predicted molar refractivity (Wildman–Crippen MR) is 59.7 cm³/mol. The molecule has 1 aliphatic carbocycles. The van der Waals surface area contributed by atoms with Crippen molar-refractivity contribution in [3.63, 3.8) is 0 Å². The fourth-order valence-electron chi connectivity index (χ4n) is 1.62. The summed E-state index contributed by atoms with van der Waals surface area (Å²) in [5, 5.41) is 0. The highest BCUT2D eigenvalue weighted by molar-refractivity contribution is 5.42. The van der Waals surface area contributed by atoms with Crippen LogP contribution >= 0.6 is 0 Å². The smallest absolute Gasteiger partial charge is 0.0267 e. The van der Waals surface area contributed by atoms with Gasteiger partial charge in [0.25, 0.3) is 0 Å². The van der Waals surface area contributed by atoms with Crippen LogP contribution in [0.3, 0.4) is 0 Å². The molecule has 0 saturated carbocycles. The first kappa shape index (κ1) is 10.3. The molecule has 0 saturated heterocycles. The Morgan fingerprint density at radius 2 is 1.77 bits per heavy atom. The summed E-state index contributed by atoms with van der Waals surface area (Å²) in [6, 6.07) is 0. The fourth-order valence-corrected chi connectivity index (χ4v) is 1.62. The molecule has 0 aromatic heterocycles. The summed E-state index contributed by atoms with van der Waals surface area (Å²) in [5.41, 5.74) is 2.97. The highest BCUT2D eigenvalue weighted by atomic mass is 14.0. The summed E-state index contributed by atoms with van der Waals surface area (Å²) >= 11 is 0. The van der Waals surface area contributed by atoms with Crippen LogP contribution in [-0.4, -0.2) is 0 Å². The molecule has 0 heterocycles. The second-order valence-electron chi connectivity index (χ2n) is 3.76. The Balaban J connectivity index is 2.24. The molecule has 0 unspecified atom stereocenters. The zero-order valence-electron chi connectivity index (χ0n) is 8.84. The summed E-state index contributed by atoms with van der Waals surface area (Å²) in [6.07, 6.45) is 15.4. The molecule has 0 fully saturated rings. The van der Waals surface area contributed by atoms with Crippen molar-refractivity contribution in [1.82, 2.24) is 0 Å². The van der Waals surface area contributed by atoms with Crippen molar-refractivity contribution in [1.29, 1.82) is 0 Å². The van der Waals surface area contributed by atoms with Gasteiger partial charge in [0.1, 0.15) is 0 Å². The Morgan fingerprint density at radius 3 is 2.38 bits per heavy atom. The molecule has 0 N–H and O–H groups in total. The number of rotatable bonds is 5. The van der Waals surface area contributed by atoms with Crippen molar-refractivity contribution in [2.24, 2.45) is 0 Å². The molecule has 0 spiro atoms. The lowest BCUT2D eigenvalue weighted by Crippen LogP contribution is -1.83. The van der Waals surface area contributed by atoms with E-state index in [4.69, 9.17) is 0 Å². The Morgan fingerprint density at radius 1 is 1.08 bits per heavy atom. The molecule has 0 aromatic rings. The van der Waals surface area contributed by atoms with E-state index < -0.39 is 0 Å². The molecule has 0 atom stereocenters. The molecule has 13 heavy (non-hydrogen) atoms. The lowest BCUT2D eigenvalue weighted by Gasteiger charge is -2.03. The lowest BCUT2D eigenvalue weighted by atomic mass is 10.0. The van der Waals surface area contributed by atoms with E-state index >= 15 is 0 Å². The summed E-state index contributed by atoms with van der Waals surface area (Å²) in [4.78, 5) is 0. The fraction of sp³-hybridized carbons (Fsp3) is 0.538. The van der Waals surface area contributed by atoms with E-state index in [-0.39, 0.29) is 0 Å². The Hall–Kier alpha value is -0.780. The average molecular weight is 176 g/mol. The number of unbranched alkanes of at least 4 members (excludes halogenated alkanes) is 3. The Labute approximate surface area is 82.0 Å². The van der Waals surface area contributed by atoms with Crippen LogP contribution < -0.4 is 0 Å². The second-order valence-corrected chi connectivity index (χ2v) is 3.76. The SMILES string of the molecule is CCCCCCC(C)=C1C=CC=C1. The van der Waals surface area contributed by atoms with Crippen molar-refractivity contribution in [2.45, 2.75) is 46.0 Å². The molecule has 0 nitrogen and oxygen atoms in total. The van der Waals surface area contributed by atoms with Gasteiger partial charge in [-0.15, -0.1) is 0 Å². The molecule has 0 bridgehead atoms. The van der Waals surface area contributed by atoms with Gasteiger partial charge in [-0.2, -0.15) is 0 Å². The summed E-state index contributed by atoms with van der Waals surface area (Å²) < 4.78 is 0. The van der Waals surface area contributed by atoms with E-state index in [0.29, 0.717) is 0 Å². The van der Waals surface area contributed by atoms with Crippen LogP contribution in [0.1, 0.15) is 46.0 Å². The van der Waals surface area contributed by atoms with Crippen molar-refractivity contribution in [2.75, 3.05) is 0 Å². The van der Waals surface area contributed by atoms with Gasteiger partial charge in [0.2, 0.25) is 0 Å². The van der Waals surface area contributed by atoms with E-state index in [2.05, 4.69) is 38.2 Å². The molecular formula is C13H20. The van der Waals surface area contributed by atoms with Gasteiger partial charge in [-0.3, -0.25) is 0 Å². The molecule has 1 aliphatic rings. The van der Waals surface area contributed by atoms with Crippen molar-refractivity contribution >= 4 is 0 Å². The van der Waals surface area contributed by atoms with Crippen LogP contribution in [0.2, 0.25) is 0 Å². The minimum Gasteiger partial charge on any atom is -0.0661 e. The molecule has 0 heteroatoms. The lowest BCUT2D eigenvalue weighted by molar-refractivity contribution is 0.663. The van der Waals surface area contributed by atoms with Gasteiger partial charge in [-0.05, 0) is 25.3 Å². The molecule has 72 valence electrons. The Kier molecular flexibility index (Phi) is 4.59. The maximum absolute atomic E-state index is 2.26. The standard InChI is InChI=1S/C13H20/c1-3-4-5-6-9-12(2)13-10-7-8-11-13/h7-8,10-11H,3-6,9H2,1-2H3. The highest BCUT2D eigenvalue weighted by Gasteiger charge is 1.98. The van der Waals surface area contributed by atoms with Crippen molar-refractivity contribution in [3.8, 4) is 0 Å². The summed E-state index contributed by atoms with van der Waals surface area (Å²) in [6.45, 7) is 4.51. The zero-order chi connectivity index (χ0) is 9.52. The van der Waals surface area contributed by atoms with E-state index in [1.807, 2.05) is 0 Å². The third kappa shape index (κ3) is 3.63. The van der Waals surface area contributed by atoms with Crippen LogP contribution in [0.25, 0.3) is 0 Å². The first-order valence-corrected chi connectivity index (χ1v) is 5.39. The van der Waals surface area contributed by atoms with Crippen LogP contribution in [0, 0.1) is 0 Å². The molecular weight excluding hydrogens is 156 g/mol. The topological polar surface area (TPSA) is 0 Å².